The maximum Gasteiger partial charge on any atom is 0.138 e. The zero-order chi connectivity index (χ0) is 10.8. The Morgan fingerprint density at radius 3 is 2.93 bits per heavy atom. The molecular weight excluding hydrogens is 256 g/mol. The van der Waals surface area contributed by atoms with Gasteiger partial charge in [-0.15, -0.1) is 0 Å². The zero-order valence-corrected chi connectivity index (χ0v) is 10.2. The standard InChI is InChI=1S/C12H13BrO2/c1-8-2-3-10(11(13)6-8)12-7-9(14)4-5-15-12/h2-3,6,12H,4-5,7H2,1H3. The molecule has 0 aliphatic carbocycles. The van der Waals surface area contributed by atoms with Crippen LogP contribution >= 0.6 is 15.9 Å². The zero-order valence-electron chi connectivity index (χ0n) is 8.63. The van der Waals surface area contributed by atoms with Crippen molar-refractivity contribution in [3.05, 3.63) is 33.8 Å². The van der Waals surface area contributed by atoms with Crippen molar-refractivity contribution in [2.45, 2.75) is 25.9 Å². The molecular formula is C12H13BrO2. The molecule has 80 valence electrons. The van der Waals surface area contributed by atoms with E-state index in [0.29, 0.717) is 25.2 Å². The number of Topliss-reactive ketones (excluding diaryl/α,β-unsaturated/α-hetero) is 1. The fourth-order valence-electron chi connectivity index (χ4n) is 1.78. The van der Waals surface area contributed by atoms with Gasteiger partial charge in [0.2, 0.25) is 0 Å². The van der Waals surface area contributed by atoms with Crippen molar-refractivity contribution in [2.24, 2.45) is 0 Å². The van der Waals surface area contributed by atoms with Gasteiger partial charge in [0.05, 0.1) is 12.7 Å². The molecule has 1 aliphatic heterocycles. The monoisotopic (exact) mass is 268 g/mol. The van der Waals surface area contributed by atoms with Crippen molar-refractivity contribution in [1.82, 2.24) is 0 Å². The summed E-state index contributed by atoms with van der Waals surface area (Å²) >= 11 is 3.51. The smallest absolute Gasteiger partial charge is 0.138 e. The van der Waals surface area contributed by atoms with Gasteiger partial charge in [0.25, 0.3) is 0 Å². The summed E-state index contributed by atoms with van der Waals surface area (Å²) < 4.78 is 6.63. The second kappa shape index (κ2) is 4.45. The maximum atomic E-state index is 11.3. The van der Waals surface area contributed by atoms with Crippen molar-refractivity contribution in [3.63, 3.8) is 0 Å². The number of carbonyl (C=O) groups is 1. The van der Waals surface area contributed by atoms with E-state index in [9.17, 15) is 4.79 Å². The first kappa shape index (κ1) is 10.8. The Bertz CT molecular complexity index is 387. The number of carbonyl (C=O) groups excluding carboxylic acids is 1. The van der Waals surface area contributed by atoms with Gasteiger partial charge in [0, 0.05) is 17.3 Å². The highest BCUT2D eigenvalue weighted by Crippen LogP contribution is 2.31. The lowest BCUT2D eigenvalue weighted by Crippen LogP contribution is -2.19. The molecule has 0 N–H and O–H groups in total. The van der Waals surface area contributed by atoms with E-state index in [1.807, 2.05) is 19.1 Å². The fraction of sp³-hybridized carbons (Fsp3) is 0.417. The van der Waals surface area contributed by atoms with Crippen molar-refractivity contribution in [3.8, 4) is 0 Å². The first-order valence-electron chi connectivity index (χ1n) is 5.06. The number of rotatable bonds is 1. The molecule has 1 aromatic rings. The highest BCUT2D eigenvalue weighted by atomic mass is 79.9. The van der Waals surface area contributed by atoms with Crippen molar-refractivity contribution in [2.75, 3.05) is 6.61 Å². The lowest BCUT2D eigenvalue weighted by Gasteiger charge is -2.23. The average molecular weight is 269 g/mol. The Hall–Kier alpha value is -0.670. The Labute approximate surface area is 97.8 Å². The molecule has 1 unspecified atom stereocenters. The Kier molecular flexibility index (Phi) is 3.22. The minimum absolute atomic E-state index is 0.0683. The summed E-state index contributed by atoms with van der Waals surface area (Å²) in [5.41, 5.74) is 2.28. The van der Waals surface area contributed by atoms with Crippen LogP contribution in [0.5, 0.6) is 0 Å². The molecule has 0 aromatic heterocycles. The molecule has 0 saturated carbocycles. The molecule has 0 spiro atoms. The molecule has 1 aliphatic rings. The lowest BCUT2D eigenvalue weighted by molar-refractivity contribution is -0.128. The number of ether oxygens (including phenoxy) is 1. The fourth-order valence-corrected chi connectivity index (χ4v) is 2.52. The summed E-state index contributed by atoms with van der Waals surface area (Å²) in [7, 11) is 0. The molecule has 0 radical (unpaired) electrons. The van der Waals surface area contributed by atoms with Crippen LogP contribution in [-0.4, -0.2) is 12.4 Å². The van der Waals surface area contributed by atoms with Gasteiger partial charge in [-0.05, 0) is 24.1 Å². The molecule has 1 fully saturated rings. The van der Waals surface area contributed by atoms with Crippen molar-refractivity contribution < 1.29 is 9.53 Å². The van der Waals surface area contributed by atoms with Gasteiger partial charge in [-0.25, -0.2) is 0 Å². The molecule has 1 saturated heterocycles. The number of hydrogen-bond donors (Lipinski definition) is 0. The van der Waals surface area contributed by atoms with Crippen LogP contribution in [0.4, 0.5) is 0 Å². The number of halogens is 1. The van der Waals surface area contributed by atoms with Gasteiger partial charge in [-0.2, -0.15) is 0 Å². The Morgan fingerprint density at radius 2 is 2.27 bits per heavy atom. The van der Waals surface area contributed by atoms with E-state index in [1.54, 1.807) is 0 Å². The first-order valence-corrected chi connectivity index (χ1v) is 5.85. The minimum atomic E-state index is -0.0683. The third kappa shape index (κ3) is 2.47. The molecule has 0 bridgehead atoms. The normalized spacial score (nSPS) is 21.7. The molecule has 1 atom stereocenters. The van der Waals surface area contributed by atoms with Crippen LogP contribution in [0, 0.1) is 6.92 Å². The second-order valence-corrected chi connectivity index (χ2v) is 4.73. The second-order valence-electron chi connectivity index (χ2n) is 3.88. The van der Waals surface area contributed by atoms with Crippen molar-refractivity contribution in [1.29, 1.82) is 0 Å². The lowest BCUT2D eigenvalue weighted by atomic mass is 10.00. The number of hydrogen-bond acceptors (Lipinski definition) is 2. The molecule has 0 amide bonds. The van der Waals surface area contributed by atoms with E-state index in [2.05, 4.69) is 22.0 Å². The van der Waals surface area contributed by atoms with Crippen LogP contribution in [0.1, 0.15) is 30.1 Å². The number of benzene rings is 1. The van der Waals surface area contributed by atoms with E-state index in [0.717, 1.165) is 10.0 Å². The molecule has 3 heteroatoms. The van der Waals surface area contributed by atoms with Crippen LogP contribution in [0.25, 0.3) is 0 Å². The van der Waals surface area contributed by atoms with Gasteiger partial charge in [-0.3, -0.25) is 4.79 Å². The summed E-state index contributed by atoms with van der Waals surface area (Å²) in [6, 6.07) is 6.13. The molecule has 1 aromatic carbocycles. The highest BCUT2D eigenvalue weighted by molar-refractivity contribution is 9.10. The molecule has 2 nitrogen and oxygen atoms in total. The van der Waals surface area contributed by atoms with Crippen LogP contribution in [-0.2, 0) is 9.53 Å². The van der Waals surface area contributed by atoms with Gasteiger partial charge in [0.15, 0.2) is 0 Å². The largest absolute Gasteiger partial charge is 0.373 e. The van der Waals surface area contributed by atoms with Crippen LogP contribution < -0.4 is 0 Å². The van der Waals surface area contributed by atoms with Gasteiger partial charge >= 0.3 is 0 Å². The van der Waals surface area contributed by atoms with E-state index in [-0.39, 0.29) is 6.10 Å². The van der Waals surface area contributed by atoms with Crippen LogP contribution in [0.15, 0.2) is 22.7 Å². The first-order chi connectivity index (χ1) is 7.16. The molecule has 2 rings (SSSR count). The van der Waals surface area contributed by atoms with E-state index < -0.39 is 0 Å². The predicted octanol–water partition coefficient (Wildman–Crippen LogP) is 3.18. The molecule has 15 heavy (non-hydrogen) atoms. The summed E-state index contributed by atoms with van der Waals surface area (Å²) in [6.45, 7) is 2.59. The SMILES string of the molecule is Cc1ccc(C2CC(=O)CCO2)c(Br)c1. The third-order valence-corrected chi connectivity index (χ3v) is 3.30. The van der Waals surface area contributed by atoms with Gasteiger partial charge in [-0.1, -0.05) is 28.1 Å². The maximum absolute atomic E-state index is 11.3. The molecule has 1 heterocycles. The topological polar surface area (TPSA) is 26.3 Å². The summed E-state index contributed by atoms with van der Waals surface area (Å²) in [6.07, 6.45) is 0.989. The van der Waals surface area contributed by atoms with E-state index in [4.69, 9.17) is 4.74 Å². The highest BCUT2D eigenvalue weighted by Gasteiger charge is 2.23. The predicted molar refractivity (Wildman–Crippen MR) is 61.8 cm³/mol. The summed E-state index contributed by atoms with van der Waals surface area (Å²) in [5.74, 6) is 0.290. The Balaban J connectivity index is 2.24. The number of aryl methyl sites for hydroxylation is 1. The average Bonchev–Trinajstić information content (AvgIpc) is 2.17. The summed E-state index contributed by atoms with van der Waals surface area (Å²) in [5, 5.41) is 0. The van der Waals surface area contributed by atoms with Gasteiger partial charge in [0.1, 0.15) is 5.78 Å². The van der Waals surface area contributed by atoms with Crippen LogP contribution in [0.2, 0.25) is 0 Å². The minimum Gasteiger partial charge on any atom is -0.373 e. The van der Waals surface area contributed by atoms with Gasteiger partial charge < -0.3 is 4.74 Å². The van der Waals surface area contributed by atoms with Crippen molar-refractivity contribution >= 4 is 21.7 Å². The third-order valence-electron chi connectivity index (χ3n) is 2.62. The van der Waals surface area contributed by atoms with E-state index >= 15 is 0 Å². The van der Waals surface area contributed by atoms with Crippen LogP contribution in [0.3, 0.4) is 0 Å². The van der Waals surface area contributed by atoms with E-state index in [1.165, 1.54) is 5.56 Å². The Morgan fingerprint density at radius 1 is 1.47 bits per heavy atom. The quantitative estimate of drug-likeness (QED) is 0.782. The number of ketones is 1. The summed E-state index contributed by atoms with van der Waals surface area (Å²) in [4.78, 5) is 11.3.